The summed E-state index contributed by atoms with van der Waals surface area (Å²) in [5.74, 6) is 0.754. The molecule has 0 spiro atoms. The van der Waals surface area contributed by atoms with Gasteiger partial charge in [0.05, 0.1) is 12.8 Å². The Morgan fingerprint density at radius 1 is 1.12 bits per heavy atom. The minimum absolute atomic E-state index is 0.208. The zero-order chi connectivity index (χ0) is 18.9. The topological polar surface area (TPSA) is 69.5 Å². The fourth-order valence-corrected chi connectivity index (χ4v) is 2.46. The number of oxime groups is 2. The van der Waals surface area contributed by atoms with E-state index in [1.807, 2.05) is 50.2 Å². The lowest BCUT2D eigenvalue weighted by Crippen LogP contribution is -2.09. The summed E-state index contributed by atoms with van der Waals surface area (Å²) >= 11 is 0. The normalized spacial score (nSPS) is 11.8. The summed E-state index contributed by atoms with van der Waals surface area (Å²) in [7, 11) is 3.02. The molecular weight excluding hydrogens is 332 g/mol. The lowest BCUT2D eigenvalue weighted by Gasteiger charge is -2.11. The third-order valence-electron chi connectivity index (χ3n) is 3.89. The van der Waals surface area contributed by atoms with Crippen LogP contribution in [0.4, 0.5) is 0 Å². The Morgan fingerprint density at radius 3 is 2.58 bits per heavy atom. The molecule has 26 heavy (non-hydrogen) atoms. The van der Waals surface area contributed by atoms with E-state index >= 15 is 0 Å². The zero-order valence-electron chi connectivity index (χ0n) is 15.4. The first-order valence-electron chi connectivity index (χ1n) is 8.06. The smallest absolute Gasteiger partial charge is 0.172 e. The van der Waals surface area contributed by atoms with Gasteiger partial charge in [-0.25, -0.2) is 0 Å². The molecule has 0 saturated carbocycles. The SMILES string of the molecule is CO/N=C(/C=O)c1cccc(C)c1CO/N=C(\C)c1cccc(OC)c1. The number of aldehydes is 1. The van der Waals surface area contributed by atoms with Gasteiger partial charge < -0.3 is 14.4 Å². The Hall–Kier alpha value is -3.15. The van der Waals surface area contributed by atoms with Gasteiger partial charge in [-0.1, -0.05) is 40.6 Å². The summed E-state index contributed by atoms with van der Waals surface area (Å²) < 4.78 is 5.22. The molecule has 6 nitrogen and oxygen atoms in total. The van der Waals surface area contributed by atoms with E-state index in [0.717, 1.165) is 28.2 Å². The molecule has 0 aromatic heterocycles. The molecule has 136 valence electrons. The number of carbonyl (C=O) groups is 1. The molecule has 2 aromatic rings. The Morgan fingerprint density at radius 2 is 1.88 bits per heavy atom. The molecule has 0 saturated heterocycles. The molecule has 0 radical (unpaired) electrons. The predicted molar refractivity (Wildman–Crippen MR) is 101 cm³/mol. The van der Waals surface area contributed by atoms with Crippen molar-refractivity contribution in [1.29, 1.82) is 0 Å². The Labute approximate surface area is 153 Å². The summed E-state index contributed by atoms with van der Waals surface area (Å²) in [6.45, 7) is 4.01. The second-order valence-electron chi connectivity index (χ2n) is 5.56. The van der Waals surface area contributed by atoms with Crippen LogP contribution >= 0.6 is 0 Å². The van der Waals surface area contributed by atoms with Crippen molar-refractivity contribution in [1.82, 2.24) is 0 Å². The van der Waals surface area contributed by atoms with Gasteiger partial charge in [0.1, 0.15) is 25.2 Å². The predicted octanol–water partition coefficient (Wildman–Crippen LogP) is 3.49. The highest BCUT2D eigenvalue weighted by molar-refractivity contribution is 6.36. The standard InChI is InChI=1S/C20H22N2O4/c1-14-7-5-10-18(20(12-23)22-25-4)19(14)13-26-21-15(2)16-8-6-9-17(11-16)24-3/h5-12H,13H2,1-4H3/b21-15+,22-20-. The summed E-state index contributed by atoms with van der Waals surface area (Å²) in [4.78, 5) is 21.6. The number of carbonyl (C=O) groups excluding carboxylic acids is 1. The Kier molecular flexibility index (Phi) is 6.91. The van der Waals surface area contributed by atoms with Crippen LogP contribution < -0.4 is 4.74 Å². The van der Waals surface area contributed by atoms with Crippen LogP contribution in [0, 0.1) is 6.92 Å². The first kappa shape index (κ1) is 19.2. The molecule has 0 amide bonds. The number of benzene rings is 2. The summed E-state index contributed by atoms with van der Waals surface area (Å²) in [6.07, 6.45) is 0.659. The Balaban J connectivity index is 2.21. The number of rotatable bonds is 8. The molecule has 0 aliphatic rings. The zero-order valence-corrected chi connectivity index (χ0v) is 15.4. The average molecular weight is 354 g/mol. The lowest BCUT2D eigenvalue weighted by atomic mass is 9.99. The lowest BCUT2D eigenvalue weighted by molar-refractivity contribution is -0.102. The molecule has 2 aromatic carbocycles. The summed E-state index contributed by atoms with van der Waals surface area (Å²) in [6, 6.07) is 13.2. The summed E-state index contributed by atoms with van der Waals surface area (Å²) in [5.41, 5.74) is 4.31. The van der Waals surface area contributed by atoms with Crippen LogP contribution in [0.3, 0.4) is 0 Å². The number of hydrogen-bond acceptors (Lipinski definition) is 6. The largest absolute Gasteiger partial charge is 0.497 e. The van der Waals surface area contributed by atoms with E-state index in [0.29, 0.717) is 11.8 Å². The molecule has 0 aliphatic carbocycles. The minimum atomic E-state index is 0.208. The fraction of sp³-hybridized carbons (Fsp3) is 0.250. The highest BCUT2D eigenvalue weighted by Crippen LogP contribution is 2.18. The van der Waals surface area contributed by atoms with Crippen molar-refractivity contribution in [3.63, 3.8) is 0 Å². The van der Waals surface area contributed by atoms with Crippen molar-refractivity contribution in [2.75, 3.05) is 14.2 Å². The highest BCUT2D eigenvalue weighted by Gasteiger charge is 2.12. The van der Waals surface area contributed by atoms with Crippen molar-refractivity contribution >= 4 is 17.7 Å². The molecular formula is C20H22N2O4. The maximum atomic E-state index is 11.3. The van der Waals surface area contributed by atoms with Gasteiger partial charge in [0.2, 0.25) is 0 Å². The number of methoxy groups -OCH3 is 1. The van der Waals surface area contributed by atoms with Crippen LogP contribution in [0.5, 0.6) is 5.75 Å². The van der Waals surface area contributed by atoms with E-state index in [-0.39, 0.29) is 12.3 Å². The van der Waals surface area contributed by atoms with Crippen LogP contribution in [0.1, 0.15) is 29.2 Å². The van der Waals surface area contributed by atoms with Crippen LogP contribution in [0.15, 0.2) is 52.8 Å². The van der Waals surface area contributed by atoms with E-state index in [9.17, 15) is 4.79 Å². The van der Waals surface area contributed by atoms with Gasteiger partial charge in [-0.05, 0) is 31.5 Å². The quantitative estimate of drug-likeness (QED) is 0.413. The number of hydrogen-bond donors (Lipinski definition) is 0. The van der Waals surface area contributed by atoms with E-state index in [1.54, 1.807) is 13.2 Å². The fourth-order valence-electron chi connectivity index (χ4n) is 2.46. The van der Waals surface area contributed by atoms with Gasteiger partial charge in [-0.15, -0.1) is 0 Å². The van der Waals surface area contributed by atoms with Gasteiger partial charge >= 0.3 is 0 Å². The maximum absolute atomic E-state index is 11.3. The first-order chi connectivity index (χ1) is 12.6. The van der Waals surface area contributed by atoms with Crippen molar-refractivity contribution in [2.45, 2.75) is 20.5 Å². The molecule has 0 N–H and O–H groups in total. The molecule has 6 heteroatoms. The number of ether oxygens (including phenoxy) is 1. The van der Waals surface area contributed by atoms with Crippen LogP contribution in [0.25, 0.3) is 0 Å². The van der Waals surface area contributed by atoms with E-state index in [1.165, 1.54) is 7.11 Å². The molecule has 0 aliphatic heterocycles. The number of aryl methyl sites for hydroxylation is 1. The van der Waals surface area contributed by atoms with E-state index in [2.05, 4.69) is 10.3 Å². The second-order valence-corrected chi connectivity index (χ2v) is 5.56. The molecule has 0 heterocycles. The Bertz CT molecular complexity index is 828. The van der Waals surface area contributed by atoms with Crippen molar-refractivity contribution in [2.24, 2.45) is 10.3 Å². The third-order valence-corrected chi connectivity index (χ3v) is 3.89. The average Bonchev–Trinajstić information content (AvgIpc) is 2.67. The van der Waals surface area contributed by atoms with Crippen molar-refractivity contribution in [3.8, 4) is 5.75 Å². The maximum Gasteiger partial charge on any atom is 0.172 e. The molecule has 2 rings (SSSR count). The second kappa shape index (κ2) is 9.36. The van der Waals surface area contributed by atoms with Gasteiger partial charge in [0.25, 0.3) is 0 Å². The minimum Gasteiger partial charge on any atom is -0.497 e. The molecule has 0 bridgehead atoms. The van der Waals surface area contributed by atoms with E-state index < -0.39 is 0 Å². The first-order valence-corrected chi connectivity index (χ1v) is 8.06. The van der Waals surface area contributed by atoms with Crippen LogP contribution in [0.2, 0.25) is 0 Å². The van der Waals surface area contributed by atoms with Gasteiger partial charge in [-0.2, -0.15) is 0 Å². The van der Waals surface area contributed by atoms with Crippen molar-refractivity contribution in [3.05, 3.63) is 64.7 Å². The van der Waals surface area contributed by atoms with Gasteiger partial charge in [-0.3, -0.25) is 4.79 Å². The molecule has 0 unspecified atom stereocenters. The van der Waals surface area contributed by atoms with Crippen LogP contribution in [-0.4, -0.2) is 31.9 Å². The van der Waals surface area contributed by atoms with Gasteiger partial charge in [0, 0.05) is 16.7 Å². The van der Waals surface area contributed by atoms with E-state index in [4.69, 9.17) is 14.4 Å². The number of nitrogens with zero attached hydrogens (tertiary/aromatic N) is 2. The highest BCUT2D eigenvalue weighted by atomic mass is 16.6. The van der Waals surface area contributed by atoms with Crippen LogP contribution in [-0.2, 0) is 21.1 Å². The summed E-state index contributed by atoms with van der Waals surface area (Å²) in [5, 5.41) is 7.95. The molecule has 0 atom stereocenters. The van der Waals surface area contributed by atoms with Crippen molar-refractivity contribution < 1.29 is 19.2 Å². The van der Waals surface area contributed by atoms with Gasteiger partial charge in [0.15, 0.2) is 6.29 Å². The third kappa shape index (κ3) is 4.69. The monoisotopic (exact) mass is 354 g/mol. The molecule has 0 fully saturated rings.